The van der Waals surface area contributed by atoms with Crippen molar-refractivity contribution in [3.8, 4) is 0 Å². The van der Waals surface area contributed by atoms with E-state index in [1.165, 1.54) is 0 Å². The lowest BCUT2D eigenvalue weighted by atomic mass is 10.2. The molecular formula is C7H6Cl2N2OS. The molecule has 1 aromatic heterocycles. The second kappa shape index (κ2) is 4.69. The van der Waals surface area contributed by atoms with Gasteiger partial charge in [-0.25, -0.2) is 9.19 Å². The van der Waals surface area contributed by atoms with Gasteiger partial charge in [-0.05, 0) is 19.1 Å². The molecule has 0 aromatic carbocycles. The minimum absolute atomic E-state index is 0.261. The zero-order valence-electron chi connectivity index (χ0n) is 6.66. The summed E-state index contributed by atoms with van der Waals surface area (Å²) >= 11 is 11.1. The summed E-state index contributed by atoms with van der Waals surface area (Å²) in [5.41, 5.74) is 1.19. The van der Waals surface area contributed by atoms with Gasteiger partial charge in [0.2, 0.25) is 0 Å². The monoisotopic (exact) mass is 236 g/mol. The molecular weight excluding hydrogens is 231 g/mol. The summed E-state index contributed by atoms with van der Waals surface area (Å²) < 4.78 is 13.8. The van der Waals surface area contributed by atoms with Gasteiger partial charge in [-0.1, -0.05) is 23.2 Å². The summed E-state index contributed by atoms with van der Waals surface area (Å²) in [4.78, 5) is 3.82. The highest BCUT2D eigenvalue weighted by molar-refractivity contribution is 7.64. The SMILES string of the molecule is CC(=N[SH]=O)c1ccc(Cl)nc1Cl. The molecule has 0 N–H and O–H groups in total. The van der Waals surface area contributed by atoms with Gasteiger partial charge >= 0.3 is 0 Å². The fourth-order valence-corrected chi connectivity index (χ4v) is 1.51. The normalized spacial score (nSPS) is 11.8. The van der Waals surface area contributed by atoms with Crippen LogP contribution in [-0.4, -0.2) is 14.9 Å². The first-order valence-electron chi connectivity index (χ1n) is 3.34. The van der Waals surface area contributed by atoms with Crippen LogP contribution in [0.15, 0.2) is 16.5 Å². The molecule has 3 nitrogen and oxygen atoms in total. The van der Waals surface area contributed by atoms with E-state index in [4.69, 9.17) is 23.2 Å². The van der Waals surface area contributed by atoms with Gasteiger partial charge < -0.3 is 0 Å². The van der Waals surface area contributed by atoms with E-state index < -0.39 is 0 Å². The standard InChI is InChI=1S/C7H6Cl2N2OS/c1-4(11-13-12)5-2-3-6(8)10-7(5)9/h2-3,13H,1H3. The average molecular weight is 237 g/mol. The van der Waals surface area contributed by atoms with E-state index in [1.54, 1.807) is 19.1 Å². The first kappa shape index (κ1) is 10.6. The summed E-state index contributed by atoms with van der Waals surface area (Å²) in [7, 11) is 0. The van der Waals surface area contributed by atoms with Gasteiger partial charge in [0, 0.05) is 5.56 Å². The van der Waals surface area contributed by atoms with Crippen LogP contribution >= 0.6 is 23.2 Å². The van der Waals surface area contributed by atoms with Crippen LogP contribution < -0.4 is 0 Å². The Hall–Kier alpha value is -0.450. The van der Waals surface area contributed by atoms with Gasteiger partial charge in [0.1, 0.15) is 22.2 Å². The van der Waals surface area contributed by atoms with Gasteiger partial charge in [-0.15, -0.1) is 0 Å². The molecule has 0 aliphatic carbocycles. The molecule has 0 saturated heterocycles. The summed E-state index contributed by atoms with van der Waals surface area (Å²) in [6.07, 6.45) is 0. The Kier molecular flexibility index (Phi) is 3.84. The zero-order valence-corrected chi connectivity index (χ0v) is 9.07. The molecule has 0 fully saturated rings. The Labute approximate surface area is 89.4 Å². The van der Waals surface area contributed by atoms with Crippen molar-refractivity contribution < 1.29 is 4.21 Å². The summed E-state index contributed by atoms with van der Waals surface area (Å²) in [6, 6.07) is 3.28. The molecule has 0 aliphatic rings. The van der Waals surface area contributed by atoms with E-state index in [0.717, 1.165) is 0 Å². The minimum atomic E-state index is -0.294. The second-order valence-electron chi connectivity index (χ2n) is 2.24. The fraction of sp³-hybridized carbons (Fsp3) is 0.143. The summed E-state index contributed by atoms with van der Waals surface area (Å²) in [6.45, 7) is 1.70. The van der Waals surface area contributed by atoms with Crippen molar-refractivity contribution in [1.82, 2.24) is 4.98 Å². The summed E-state index contributed by atoms with van der Waals surface area (Å²) in [5, 5.41) is 0.582. The van der Waals surface area contributed by atoms with Crippen molar-refractivity contribution in [3.05, 3.63) is 28.0 Å². The lowest BCUT2D eigenvalue weighted by molar-refractivity contribution is 0.695. The first-order valence-corrected chi connectivity index (χ1v) is 4.86. The third-order valence-electron chi connectivity index (χ3n) is 1.40. The minimum Gasteiger partial charge on any atom is -0.238 e. The van der Waals surface area contributed by atoms with Gasteiger partial charge in [0.25, 0.3) is 0 Å². The van der Waals surface area contributed by atoms with Crippen LogP contribution in [0.1, 0.15) is 12.5 Å². The highest BCUT2D eigenvalue weighted by Crippen LogP contribution is 2.17. The molecule has 0 unspecified atom stereocenters. The molecule has 0 spiro atoms. The lowest BCUT2D eigenvalue weighted by Crippen LogP contribution is -1.97. The first-order chi connectivity index (χ1) is 6.15. The van der Waals surface area contributed by atoms with Crippen molar-refractivity contribution in [3.63, 3.8) is 0 Å². The maximum Gasteiger partial charge on any atom is 0.139 e. The molecule has 0 radical (unpaired) electrons. The molecule has 0 atom stereocenters. The molecule has 13 heavy (non-hydrogen) atoms. The maximum atomic E-state index is 10.2. The average Bonchev–Trinajstić information content (AvgIpc) is 2.04. The van der Waals surface area contributed by atoms with E-state index in [-0.39, 0.29) is 17.0 Å². The van der Waals surface area contributed by atoms with E-state index >= 15 is 0 Å². The number of rotatable bonds is 2. The van der Waals surface area contributed by atoms with Crippen LogP contribution in [0.25, 0.3) is 0 Å². The van der Waals surface area contributed by atoms with Gasteiger partial charge in [-0.2, -0.15) is 4.40 Å². The van der Waals surface area contributed by atoms with Crippen LogP contribution in [0.4, 0.5) is 0 Å². The molecule has 1 aromatic rings. The number of halogens is 2. The van der Waals surface area contributed by atoms with Crippen molar-refractivity contribution in [2.75, 3.05) is 0 Å². The quantitative estimate of drug-likeness (QED) is 0.486. The Morgan fingerprint density at radius 2 is 2.23 bits per heavy atom. The molecule has 0 amide bonds. The van der Waals surface area contributed by atoms with E-state index in [0.29, 0.717) is 16.4 Å². The van der Waals surface area contributed by atoms with Crippen molar-refractivity contribution in [2.45, 2.75) is 6.92 Å². The number of thiol groups is 1. The number of hydrogen-bond donors (Lipinski definition) is 1. The highest BCUT2D eigenvalue weighted by atomic mass is 35.5. The highest BCUT2D eigenvalue weighted by Gasteiger charge is 2.05. The van der Waals surface area contributed by atoms with Crippen molar-refractivity contribution >= 4 is 40.8 Å². The molecule has 70 valence electrons. The van der Waals surface area contributed by atoms with E-state index in [2.05, 4.69) is 9.38 Å². The Balaban J connectivity index is 3.15. The topological polar surface area (TPSA) is 42.3 Å². The molecule has 0 aliphatic heterocycles. The number of nitrogens with zero attached hydrogens (tertiary/aromatic N) is 2. The summed E-state index contributed by atoms with van der Waals surface area (Å²) in [5.74, 6) is 0. The number of pyridine rings is 1. The van der Waals surface area contributed by atoms with Crippen molar-refractivity contribution in [1.29, 1.82) is 0 Å². The van der Waals surface area contributed by atoms with Crippen molar-refractivity contribution in [2.24, 2.45) is 4.40 Å². The van der Waals surface area contributed by atoms with Crippen LogP contribution in [0.3, 0.4) is 0 Å². The molecule has 1 rings (SSSR count). The zero-order chi connectivity index (χ0) is 9.84. The lowest BCUT2D eigenvalue weighted by Gasteiger charge is -2.00. The Morgan fingerprint density at radius 3 is 2.77 bits per heavy atom. The Bertz CT molecular complexity index is 368. The predicted molar refractivity (Wildman–Crippen MR) is 56.0 cm³/mol. The van der Waals surface area contributed by atoms with Gasteiger partial charge in [-0.3, -0.25) is 0 Å². The molecule has 6 heteroatoms. The van der Waals surface area contributed by atoms with Gasteiger partial charge in [0.15, 0.2) is 0 Å². The third kappa shape index (κ3) is 2.76. The molecule has 0 saturated carbocycles. The van der Waals surface area contributed by atoms with E-state index in [1.807, 2.05) is 0 Å². The van der Waals surface area contributed by atoms with Crippen LogP contribution in [0, 0.1) is 0 Å². The van der Waals surface area contributed by atoms with Crippen LogP contribution in [0.2, 0.25) is 10.3 Å². The molecule has 1 heterocycles. The molecule has 0 bridgehead atoms. The van der Waals surface area contributed by atoms with Crippen LogP contribution in [-0.2, 0) is 11.9 Å². The second-order valence-corrected chi connectivity index (χ2v) is 3.35. The van der Waals surface area contributed by atoms with Gasteiger partial charge in [0.05, 0.1) is 5.71 Å². The largest absolute Gasteiger partial charge is 0.238 e. The number of hydrogen-bond acceptors (Lipinski definition) is 2. The third-order valence-corrected chi connectivity index (χ3v) is 2.28. The fourth-order valence-electron chi connectivity index (χ4n) is 0.797. The van der Waals surface area contributed by atoms with E-state index in [9.17, 15) is 4.21 Å². The maximum absolute atomic E-state index is 10.2. The van der Waals surface area contributed by atoms with Crippen LogP contribution in [0.5, 0.6) is 0 Å². The smallest absolute Gasteiger partial charge is 0.139 e. The Morgan fingerprint density at radius 1 is 1.54 bits per heavy atom. The number of aromatic nitrogens is 1. The predicted octanol–water partition coefficient (Wildman–Crippen LogP) is 2.06.